The van der Waals surface area contributed by atoms with Crippen molar-refractivity contribution in [2.75, 3.05) is 17.7 Å². The molecular formula is C15H20N2OS. The Morgan fingerprint density at radius 1 is 1.37 bits per heavy atom. The van der Waals surface area contributed by atoms with Crippen LogP contribution in [0.15, 0.2) is 29.3 Å². The zero-order chi connectivity index (χ0) is 13.1. The molecule has 1 aromatic rings. The monoisotopic (exact) mass is 276 g/mol. The second-order valence-electron chi connectivity index (χ2n) is 5.22. The van der Waals surface area contributed by atoms with Gasteiger partial charge in [-0.25, -0.2) is 0 Å². The first kappa shape index (κ1) is 12.9. The van der Waals surface area contributed by atoms with E-state index in [1.807, 2.05) is 36.9 Å². The summed E-state index contributed by atoms with van der Waals surface area (Å²) < 4.78 is 5.52. The minimum Gasteiger partial charge on any atom is -0.494 e. The average molecular weight is 276 g/mol. The predicted octanol–water partition coefficient (Wildman–Crippen LogP) is 3.91. The van der Waals surface area contributed by atoms with Crippen LogP contribution in [0.3, 0.4) is 0 Å². The summed E-state index contributed by atoms with van der Waals surface area (Å²) in [5, 5.41) is 4.49. The number of hydrogen-bond donors (Lipinski definition) is 1. The molecule has 0 bridgehead atoms. The van der Waals surface area contributed by atoms with Gasteiger partial charge in [0, 0.05) is 17.5 Å². The Morgan fingerprint density at radius 3 is 3.00 bits per heavy atom. The van der Waals surface area contributed by atoms with Crippen LogP contribution in [0.2, 0.25) is 0 Å². The number of ether oxygens (including phenoxy) is 1. The molecule has 0 radical (unpaired) electrons. The highest BCUT2D eigenvalue weighted by atomic mass is 32.2. The third kappa shape index (κ3) is 2.89. The molecule has 1 fully saturated rings. The first-order valence-corrected chi connectivity index (χ1v) is 8.01. The third-order valence-corrected chi connectivity index (χ3v) is 4.90. The highest BCUT2D eigenvalue weighted by Gasteiger charge is 2.38. The molecule has 0 unspecified atom stereocenters. The van der Waals surface area contributed by atoms with Crippen molar-refractivity contribution in [3.63, 3.8) is 0 Å². The maximum Gasteiger partial charge on any atom is 0.161 e. The molecule has 102 valence electrons. The van der Waals surface area contributed by atoms with E-state index in [9.17, 15) is 0 Å². The van der Waals surface area contributed by atoms with Crippen LogP contribution >= 0.6 is 11.8 Å². The predicted molar refractivity (Wildman–Crippen MR) is 82.3 cm³/mol. The maximum atomic E-state index is 5.52. The number of nitrogens with one attached hydrogen (secondary N) is 1. The summed E-state index contributed by atoms with van der Waals surface area (Å²) in [7, 11) is 0. The summed E-state index contributed by atoms with van der Waals surface area (Å²) in [6, 6.07) is 8.09. The molecule has 3 rings (SSSR count). The fourth-order valence-electron chi connectivity index (χ4n) is 2.79. The average Bonchev–Trinajstić information content (AvgIpc) is 3.02. The van der Waals surface area contributed by atoms with Crippen molar-refractivity contribution in [1.82, 2.24) is 0 Å². The number of rotatable bonds is 3. The standard InChI is InChI=1S/C15H20N2OS/c1-2-18-13-7-5-6-12(10-13)16-14-17-15(11-19-14)8-3-4-9-15/h5-7,10H,2-4,8-9,11H2,1H3,(H,16,17). The lowest BCUT2D eigenvalue weighted by molar-refractivity contribution is 0.340. The number of amidine groups is 1. The van der Waals surface area contributed by atoms with E-state index in [1.54, 1.807) is 0 Å². The minimum atomic E-state index is 0.241. The van der Waals surface area contributed by atoms with E-state index >= 15 is 0 Å². The van der Waals surface area contributed by atoms with Gasteiger partial charge in [0.1, 0.15) is 5.75 Å². The Labute approximate surface area is 118 Å². The Balaban J connectivity index is 1.70. The Morgan fingerprint density at radius 2 is 2.21 bits per heavy atom. The molecule has 19 heavy (non-hydrogen) atoms. The van der Waals surface area contributed by atoms with Crippen molar-refractivity contribution in [3.05, 3.63) is 24.3 Å². The van der Waals surface area contributed by atoms with Gasteiger partial charge in [-0.2, -0.15) is 0 Å². The maximum absolute atomic E-state index is 5.52. The molecule has 1 aromatic carbocycles. The summed E-state index contributed by atoms with van der Waals surface area (Å²) in [5.41, 5.74) is 1.30. The summed E-state index contributed by atoms with van der Waals surface area (Å²) in [6.45, 7) is 2.70. The Bertz CT molecular complexity index is 481. The van der Waals surface area contributed by atoms with E-state index in [2.05, 4.69) is 11.4 Å². The van der Waals surface area contributed by atoms with E-state index < -0.39 is 0 Å². The van der Waals surface area contributed by atoms with Crippen molar-refractivity contribution >= 4 is 22.6 Å². The van der Waals surface area contributed by atoms with Crippen LogP contribution in [0.25, 0.3) is 0 Å². The summed E-state index contributed by atoms with van der Waals surface area (Å²) in [5.74, 6) is 2.05. The molecule has 0 aromatic heterocycles. The molecule has 1 aliphatic heterocycles. The Hall–Kier alpha value is -1.16. The second kappa shape index (κ2) is 5.45. The number of benzene rings is 1. The SMILES string of the molecule is CCOc1cccc(NC2=NC3(CCCC3)CS2)c1. The summed E-state index contributed by atoms with van der Waals surface area (Å²) in [6.07, 6.45) is 5.17. The first-order chi connectivity index (χ1) is 9.30. The molecule has 2 aliphatic rings. The molecule has 1 heterocycles. The number of hydrogen-bond acceptors (Lipinski definition) is 4. The Kier molecular flexibility index (Phi) is 3.69. The van der Waals surface area contributed by atoms with Crippen molar-refractivity contribution in [2.24, 2.45) is 4.99 Å². The summed E-state index contributed by atoms with van der Waals surface area (Å²) >= 11 is 1.85. The topological polar surface area (TPSA) is 33.6 Å². The van der Waals surface area contributed by atoms with Crippen LogP contribution in [-0.4, -0.2) is 23.1 Å². The van der Waals surface area contributed by atoms with E-state index in [0.29, 0.717) is 6.61 Å². The van der Waals surface area contributed by atoms with Crippen LogP contribution in [0.5, 0.6) is 5.75 Å². The van der Waals surface area contributed by atoms with Gasteiger partial charge in [0.15, 0.2) is 5.17 Å². The normalized spacial score (nSPS) is 20.6. The van der Waals surface area contributed by atoms with Crippen LogP contribution in [0.1, 0.15) is 32.6 Å². The van der Waals surface area contributed by atoms with Crippen LogP contribution in [-0.2, 0) is 0 Å². The third-order valence-electron chi connectivity index (χ3n) is 3.75. The van der Waals surface area contributed by atoms with Crippen LogP contribution < -0.4 is 10.1 Å². The molecule has 1 N–H and O–H groups in total. The van der Waals surface area contributed by atoms with Gasteiger partial charge in [-0.1, -0.05) is 30.7 Å². The van der Waals surface area contributed by atoms with E-state index in [-0.39, 0.29) is 5.54 Å². The summed E-state index contributed by atoms with van der Waals surface area (Å²) in [4.78, 5) is 4.92. The van der Waals surface area contributed by atoms with Crippen LogP contribution in [0, 0.1) is 0 Å². The van der Waals surface area contributed by atoms with E-state index in [0.717, 1.165) is 22.4 Å². The second-order valence-corrected chi connectivity index (χ2v) is 6.19. The van der Waals surface area contributed by atoms with Gasteiger partial charge in [0.05, 0.1) is 12.1 Å². The number of anilines is 1. The quantitative estimate of drug-likeness (QED) is 0.908. The van der Waals surface area contributed by atoms with Gasteiger partial charge in [0.2, 0.25) is 0 Å². The molecule has 3 nitrogen and oxygen atoms in total. The zero-order valence-corrected chi connectivity index (χ0v) is 12.1. The lowest BCUT2D eigenvalue weighted by atomic mass is 10.0. The smallest absolute Gasteiger partial charge is 0.161 e. The van der Waals surface area contributed by atoms with E-state index in [4.69, 9.17) is 9.73 Å². The molecule has 1 aliphatic carbocycles. The zero-order valence-electron chi connectivity index (χ0n) is 11.3. The molecule has 1 saturated carbocycles. The number of aliphatic imine (C=N–C) groups is 1. The van der Waals surface area contributed by atoms with Gasteiger partial charge in [-0.05, 0) is 31.9 Å². The molecule has 0 saturated heterocycles. The molecule has 4 heteroatoms. The lowest BCUT2D eigenvalue weighted by Gasteiger charge is -2.16. The molecular weight excluding hydrogens is 256 g/mol. The van der Waals surface area contributed by atoms with Gasteiger partial charge in [0.25, 0.3) is 0 Å². The van der Waals surface area contributed by atoms with E-state index in [1.165, 1.54) is 25.7 Å². The minimum absolute atomic E-state index is 0.241. The van der Waals surface area contributed by atoms with Crippen molar-refractivity contribution in [1.29, 1.82) is 0 Å². The van der Waals surface area contributed by atoms with Crippen molar-refractivity contribution < 1.29 is 4.74 Å². The molecule has 0 atom stereocenters. The first-order valence-electron chi connectivity index (χ1n) is 7.02. The lowest BCUT2D eigenvalue weighted by Crippen LogP contribution is -2.21. The van der Waals surface area contributed by atoms with Gasteiger partial charge in [-0.15, -0.1) is 0 Å². The van der Waals surface area contributed by atoms with Crippen molar-refractivity contribution in [3.8, 4) is 5.75 Å². The highest BCUT2D eigenvalue weighted by molar-refractivity contribution is 8.14. The molecule has 0 amide bonds. The highest BCUT2D eigenvalue weighted by Crippen LogP contribution is 2.41. The fraction of sp³-hybridized carbons (Fsp3) is 0.533. The van der Waals surface area contributed by atoms with Gasteiger partial charge in [-0.3, -0.25) is 4.99 Å². The van der Waals surface area contributed by atoms with Crippen LogP contribution in [0.4, 0.5) is 5.69 Å². The van der Waals surface area contributed by atoms with Gasteiger partial charge >= 0.3 is 0 Å². The largest absolute Gasteiger partial charge is 0.494 e. The number of nitrogens with zero attached hydrogens (tertiary/aromatic N) is 1. The van der Waals surface area contributed by atoms with Gasteiger partial charge < -0.3 is 10.1 Å². The van der Waals surface area contributed by atoms with Crippen molar-refractivity contribution in [2.45, 2.75) is 38.1 Å². The number of thioether (sulfide) groups is 1. The molecule has 1 spiro atoms. The fourth-order valence-corrected chi connectivity index (χ4v) is 4.00.